The molecule has 0 heterocycles. The molecular weight excluding hydrogens is 340 g/mol. The molecule has 144 valence electrons. The molecule has 0 aliphatic heterocycles. The summed E-state index contributed by atoms with van der Waals surface area (Å²) in [5, 5.41) is 2.96. The standard InChI is InChI=1S/C22H28N2O3/c1-24(19-11-7-9-17-8-3-4-10-18(17)19)16-22(25)23-14-15-27-21-13-6-5-12-20(21)26-2/h3-6,8,10,12-13,19H,7,9,11,14-16H2,1-2H3,(H,23,25)/p+1/t19-/m1/s1. The Bertz CT molecular complexity index is 763. The van der Waals surface area contributed by atoms with Gasteiger partial charge in [0.25, 0.3) is 5.91 Å². The third-order valence-electron chi connectivity index (χ3n) is 5.15. The van der Waals surface area contributed by atoms with Crippen molar-refractivity contribution >= 4 is 5.91 Å². The van der Waals surface area contributed by atoms with Crippen molar-refractivity contribution in [1.29, 1.82) is 0 Å². The van der Waals surface area contributed by atoms with Crippen molar-refractivity contribution in [2.45, 2.75) is 25.3 Å². The van der Waals surface area contributed by atoms with E-state index in [2.05, 4.69) is 36.6 Å². The molecule has 1 aliphatic rings. The number of aryl methyl sites for hydroxylation is 1. The van der Waals surface area contributed by atoms with Crippen LogP contribution in [0.25, 0.3) is 0 Å². The van der Waals surface area contributed by atoms with Crippen LogP contribution in [0.2, 0.25) is 0 Å². The number of amides is 1. The van der Waals surface area contributed by atoms with Crippen LogP contribution >= 0.6 is 0 Å². The van der Waals surface area contributed by atoms with Gasteiger partial charge in [0, 0.05) is 12.0 Å². The Labute approximate surface area is 161 Å². The van der Waals surface area contributed by atoms with Gasteiger partial charge in [-0.15, -0.1) is 0 Å². The van der Waals surface area contributed by atoms with Crippen molar-refractivity contribution in [3.63, 3.8) is 0 Å². The van der Waals surface area contributed by atoms with Gasteiger partial charge in [-0.05, 0) is 30.5 Å². The van der Waals surface area contributed by atoms with Gasteiger partial charge < -0.3 is 19.7 Å². The largest absolute Gasteiger partial charge is 0.493 e. The van der Waals surface area contributed by atoms with E-state index in [4.69, 9.17) is 9.47 Å². The molecule has 2 atom stereocenters. The van der Waals surface area contributed by atoms with Gasteiger partial charge >= 0.3 is 0 Å². The lowest BCUT2D eigenvalue weighted by molar-refractivity contribution is -0.905. The average molecular weight is 369 g/mol. The summed E-state index contributed by atoms with van der Waals surface area (Å²) in [6.07, 6.45) is 3.47. The number of nitrogens with one attached hydrogen (secondary N) is 2. The van der Waals surface area contributed by atoms with E-state index in [9.17, 15) is 4.79 Å². The number of hydrogen-bond donors (Lipinski definition) is 2. The minimum absolute atomic E-state index is 0.0548. The molecule has 3 rings (SSSR count). The number of rotatable bonds is 8. The van der Waals surface area contributed by atoms with Crippen molar-refractivity contribution in [2.75, 3.05) is 33.9 Å². The molecule has 0 fully saturated rings. The van der Waals surface area contributed by atoms with E-state index in [1.807, 2.05) is 24.3 Å². The zero-order chi connectivity index (χ0) is 19.1. The van der Waals surface area contributed by atoms with Crippen molar-refractivity contribution in [2.24, 2.45) is 0 Å². The summed E-state index contributed by atoms with van der Waals surface area (Å²) in [6, 6.07) is 16.5. The molecule has 0 saturated carbocycles. The van der Waals surface area contributed by atoms with E-state index >= 15 is 0 Å². The molecule has 0 bridgehead atoms. The number of carbonyl (C=O) groups excluding carboxylic acids is 1. The van der Waals surface area contributed by atoms with E-state index in [1.165, 1.54) is 22.4 Å². The zero-order valence-corrected chi connectivity index (χ0v) is 16.2. The van der Waals surface area contributed by atoms with Gasteiger partial charge in [-0.25, -0.2) is 0 Å². The quantitative estimate of drug-likeness (QED) is 0.698. The van der Waals surface area contributed by atoms with E-state index in [1.54, 1.807) is 7.11 Å². The van der Waals surface area contributed by atoms with Gasteiger partial charge in [0.2, 0.25) is 0 Å². The topological polar surface area (TPSA) is 52.0 Å². The minimum Gasteiger partial charge on any atom is -0.493 e. The highest BCUT2D eigenvalue weighted by Gasteiger charge is 2.27. The van der Waals surface area contributed by atoms with Crippen LogP contribution in [0.3, 0.4) is 0 Å². The van der Waals surface area contributed by atoms with Crippen LogP contribution in [-0.2, 0) is 11.2 Å². The fourth-order valence-electron chi connectivity index (χ4n) is 3.79. The van der Waals surface area contributed by atoms with Crippen LogP contribution in [0.1, 0.15) is 30.0 Å². The summed E-state index contributed by atoms with van der Waals surface area (Å²) < 4.78 is 11.0. The molecular formula is C22H29N2O3+. The lowest BCUT2D eigenvalue weighted by Crippen LogP contribution is -3.10. The molecule has 1 unspecified atom stereocenters. The Morgan fingerprint density at radius 1 is 1.15 bits per heavy atom. The Balaban J connectivity index is 1.44. The maximum atomic E-state index is 12.3. The number of ether oxygens (including phenoxy) is 2. The average Bonchev–Trinajstić information content (AvgIpc) is 2.71. The fraction of sp³-hybridized carbons (Fsp3) is 0.409. The van der Waals surface area contributed by atoms with Crippen LogP contribution in [-0.4, -0.2) is 39.8 Å². The van der Waals surface area contributed by atoms with E-state index in [0.717, 1.165) is 12.8 Å². The van der Waals surface area contributed by atoms with E-state index < -0.39 is 0 Å². The predicted molar refractivity (Wildman–Crippen MR) is 105 cm³/mol. The number of hydrogen-bond acceptors (Lipinski definition) is 3. The molecule has 2 aromatic carbocycles. The molecule has 0 spiro atoms. The van der Waals surface area contributed by atoms with Crippen molar-refractivity contribution in [3.05, 3.63) is 59.7 Å². The molecule has 1 amide bonds. The normalized spacial score (nSPS) is 16.9. The molecule has 5 nitrogen and oxygen atoms in total. The highest BCUT2D eigenvalue weighted by atomic mass is 16.5. The lowest BCUT2D eigenvalue weighted by Gasteiger charge is -2.30. The first-order chi connectivity index (χ1) is 13.2. The fourth-order valence-corrected chi connectivity index (χ4v) is 3.79. The summed E-state index contributed by atoms with van der Waals surface area (Å²) in [6.45, 7) is 1.36. The van der Waals surface area contributed by atoms with Crippen LogP contribution in [0.5, 0.6) is 11.5 Å². The third kappa shape index (κ3) is 5.01. The molecule has 0 saturated heterocycles. The summed E-state index contributed by atoms with van der Waals surface area (Å²) in [4.78, 5) is 13.6. The molecule has 2 N–H and O–H groups in total. The number of likely N-dealkylation sites (N-methyl/N-ethyl adjacent to an activating group) is 1. The maximum absolute atomic E-state index is 12.3. The van der Waals surface area contributed by atoms with Crippen LogP contribution in [0.4, 0.5) is 0 Å². The first-order valence-electron chi connectivity index (χ1n) is 9.61. The minimum atomic E-state index is 0.0548. The molecule has 1 aliphatic carbocycles. The number of quaternary nitrogens is 1. The molecule has 0 radical (unpaired) electrons. The highest BCUT2D eigenvalue weighted by Crippen LogP contribution is 2.27. The molecule has 0 aromatic heterocycles. The summed E-state index contributed by atoms with van der Waals surface area (Å²) in [5.74, 6) is 1.44. The summed E-state index contributed by atoms with van der Waals surface area (Å²) in [7, 11) is 3.73. The molecule has 5 heteroatoms. The summed E-state index contributed by atoms with van der Waals surface area (Å²) >= 11 is 0. The Hall–Kier alpha value is -2.53. The van der Waals surface area contributed by atoms with E-state index in [0.29, 0.717) is 37.2 Å². The lowest BCUT2D eigenvalue weighted by atomic mass is 9.87. The van der Waals surface area contributed by atoms with Crippen LogP contribution in [0.15, 0.2) is 48.5 Å². The number of para-hydroxylation sites is 2. The molecule has 2 aromatic rings. The van der Waals surface area contributed by atoms with Gasteiger partial charge in [-0.2, -0.15) is 0 Å². The predicted octanol–water partition coefficient (Wildman–Crippen LogP) is 1.78. The van der Waals surface area contributed by atoms with Gasteiger partial charge in [0.1, 0.15) is 12.6 Å². The Morgan fingerprint density at radius 2 is 1.89 bits per heavy atom. The number of carbonyl (C=O) groups is 1. The Kier molecular flexibility index (Phi) is 6.71. The molecule has 27 heavy (non-hydrogen) atoms. The first kappa shape index (κ1) is 19.2. The van der Waals surface area contributed by atoms with E-state index in [-0.39, 0.29) is 5.91 Å². The van der Waals surface area contributed by atoms with Gasteiger partial charge in [0.05, 0.1) is 20.7 Å². The van der Waals surface area contributed by atoms with Crippen molar-refractivity contribution in [3.8, 4) is 11.5 Å². The van der Waals surface area contributed by atoms with Gasteiger partial charge in [-0.1, -0.05) is 36.4 Å². The SMILES string of the molecule is COc1ccccc1OCCNC(=O)C[NH+](C)[C@@H]1CCCc2ccccc21. The zero-order valence-electron chi connectivity index (χ0n) is 16.2. The number of benzene rings is 2. The van der Waals surface area contributed by atoms with Crippen LogP contribution < -0.4 is 19.7 Å². The number of methoxy groups -OCH3 is 1. The highest BCUT2D eigenvalue weighted by molar-refractivity contribution is 5.76. The Morgan fingerprint density at radius 3 is 2.70 bits per heavy atom. The second-order valence-electron chi connectivity index (χ2n) is 7.02. The first-order valence-corrected chi connectivity index (χ1v) is 9.61. The third-order valence-corrected chi connectivity index (χ3v) is 5.15. The summed E-state index contributed by atoms with van der Waals surface area (Å²) in [5.41, 5.74) is 2.83. The van der Waals surface area contributed by atoms with Crippen molar-refractivity contribution < 1.29 is 19.2 Å². The second kappa shape index (κ2) is 9.42. The second-order valence-corrected chi connectivity index (χ2v) is 7.02. The van der Waals surface area contributed by atoms with Gasteiger partial charge in [-0.3, -0.25) is 4.79 Å². The smallest absolute Gasteiger partial charge is 0.275 e. The monoisotopic (exact) mass is 369 g/mol. The maximum Gasteiger partial charge on any atom is 0.275 e. The van der Waals surface area contributed by atoms with Gasteiger partial charge in [0.15, 0.2) is 18.0 Å². The number of fused-ring (bicyclic) bond motifs is 1. The van der Waals surface area contributed by atoms with Crippen LogP contribution in [0, 0.1) is 0 Å². The van der Waals surface area contributed by atoms with Crippen molar-refractivity contribution in [1.82, 2.24) is 5.32 Å².